The van der Waals surface area contributed by atoms with Gasteiger partial charge in [-0.25, -0.2) is 4.98 Å². The van der Waals surface area contributed by atoms with Gasteiger partial charge >= 0.3 is 0 Å². The Balaban J connectivity index is 1.41. The summed E-state index contributed by atoms with van der Waals surface area (Å²) in [6, 6.07) is 36.5. The second-order valence-corrected chi connectivity index (χ2v) is 11.1. The maximum Gasteiger partial charge on any atom is 0.148 e. The molecule has 0 spiro atoms. The van der Waals surface area contributed by atoms with Crippen molar-refractivity contribution in [2.75, 3.05) is 0 Å². The van der Waals surface area contributed by atoms with Crippen LogP contribution in [-0.4, -0.2) is 19.6 Å². The molecule has 0 aliphatic carbocycles. The van der Waals surface area contributed by atoms with Gasteiger partial charge in [0.2, 0.25) is 0 Å². The van der Waals surface area contributed by atoms with Crippen LogP contribution in [0.15, 0.2) is 126 Å². The number of nitrogens with zero attached hydrogens (tertiary/aromatic N) is 3. The van der Waals surface area contributed by atoms with E-state index in [0.717, 1.165) is 72.0 Å². The van der Waals surface area contributed by atoms with Gasteiger partial charge in [-0.05, 0) is 78.9 Å². The molecule has 5 nitrogen and oxygen atoms in total. The summed E-state index contributed by atoms with van der Waals surface area (Å²) < 4.78 is 8.52. The zero-order valence-corrected chi connectivity index (χ0v) is 23.7. The Bertz CT molecular complexity index is 2320. The highest BCUT2D eigenvalue weighted by Gasteiger charge is 2.20. The molecule has 3 aromatic heterocycles. The van der Waals surface area contributed by atoms with E-state index in [2.05, 4.69) is 79.2 Å². The lowest BCUT2D eigenvalue weighted by Gasteiger charge is -2.11. The summed E-state index contributed by atoms with van der Waals surface area (Å²) in [5.74, 6) is 0.850. The molecule has 0 amide bonds. The minimum absolute atomic E-state index is 0.183. The molecule has 5 heteroatoms. The number of benzene rings is 5. The van der Waals surface area contributed by atoms with Gasteiger partial charge in [-0.15, -0.1) is 0 Å². The van der Waals surface area contributed by atoms with Crippen molar-refractivity contribution in [1.29, 1.82) is 0 Å². The number of rotatable bonds is 4. The molecule has 0 unspecified atom stereocenters. The molecule has 43 heavy (non-hydrogen) atoms. The van der Waals surface area contributed by atoms with Crippen molar-refractivity contribution >= 4 is 32.7 Å². The van der Waals surface area contributed by atoms with E-state index in [4.69, 9.17) is 14.4 Å². The van der Waals surface area contributed by atoms with Crippen LogP contribution in [-0.2, 0) is 0 Å². The molecular weight excluding hydrogens is 530 g/mol. The van der Waals surface area contributed by atoms with Crippen LogP contribution in [0.3, 0.4) is 0 Å². The summed E-state index contributed by atoms with van der Waals surface area (Å²) in [4.78, 5) is 10.0. The first-order valence-corrected chi connectivity index (χ1v) is 14.3. The van der Waals surface area contributed by atoms with Gasteiger partial charge in [0.15, 0.2) is 0 Å². The van der Waals surface area contributed by atoms with Crippen molar-refractivity contribution in [3.8, 4) is 45.3 Å². The maximum absolute atomic E-state index is 10.9. The van der Waals surface area contributed by atoms with Crippen molar-refractivity contribution in [3.05, 3.63) is 133 Å². The third-order valence-electron chi connectivity index (χ3n) is 8.02. The molecule has 1 N–H and O–H groups in total. The number of aromatic hydroxyl groups is 1. The number of para-hydroxylation sites is 2. The van der Waals surface area contributed by atoms with E-state index in [0.29, 0.717) is 11.4 Å². The molecule has 0 aliphatic rings. The number of aromatic nitrogens is 3. The third kappa shape index (κ3) is 4.25. The Morgan fingerprint density at radius 2 is 1.42 bits per heavy atom. The van der Waals surface area contributed by atoms with Crippen molar-refractivity contribution < 1.29 is 9.52 Å². The predicted octanol–water partition coefficient (Wildman–Crippen LogP) is 9.64. The van der Waals surface area contributed by atoms with Gasteiger partial charge in [-0.1, -0.05) is 60.7 Å². The molecule has 0 saturated heterocycles. The summed E-state index contributed by atoms with van der Waals surface area (Å²) in [5, 5.41) is 15.1. The fourth-order valence-electron chi connectivity index (χ4n) is 6.05. The Labute approximate surface area is 248 Å². The van der Waals surface area contributed by atoms with Crippen molar-refractivity contribution in [2.24, 2.45) is 0 Å². The van der Waals surface area contributed by atoms with Crippen molar-refractivity contribution in [2.45, 2.75) is 13.8 Å². The van der Waals surface area contributed by atoms with Gasteiger partial charge in [0.05, 0.1) is 17.0 Å². The lowest BCUT2D eigenvalue weighted by molar-refractivity contribution is 0.477. The monoisotopic (exact) mass is 557 g/mol. The van der Waals surface area contributed by atoms with Crippen LogP contribution in [0.25, 0.3) is 72.3 Å². The number of furan rings is 1. The number of aryl methyl sites for hydroxylation is 2. The van der Waals surface area contributed by atoms with E-state index in [1.807, 2.05) is 54.7 Å². The van der Waals surface area contributed by atoms with Crippen LogP contribution in [0.5, 0.6) is 5.75 Å². The lowest BCUT2D eigenvalue weighted by Crippen LogP contribution is -1.97. The average molecular weight is 558 g/mol. The van der Waals surface area contributed by atoms with Crippen LogP contribution in [0.2, 0.25) is 0 Å². The number of hydrogen-bond acceptors (Lipinski definition) is 4. The van der Waals surface area contributed by atoms with E-state index in [1.165, 1.54) is 0 Å². The molecule has 0 aliphatic heterocycles. The molecule has 0 bridgehead atoms. The molecule has 0 fully saturated rings. The van der Waals surface area contributed by atoms with Crippen LogP contribution in [0, 0.1) is 13.8 Å². The molecule has 0 atom stereocenters. The standard InChI is InChI=1S/C38H27N3O2/c1-23-15-24(2)17-28(16-23)41-22-34(40-38(41)30-12-5-7-13-35(30)42)27-18-31-29-11-6-8-14-36(29)43-37(31)32(19-27)33-20-25-9-3-4-10-26(25)21-39-33/h3-22,42H,1-2H3. The molecular formula is C38H27N3O2. The van der Waals surface area contributed by atoms with E-state index in [-0.39, 0.29) is 5.75 Å². The number of hydrogen-bond donors (Lipinski definition) is 1. The highest BCUT2D eigenvalue weighted by molar-refractivity contribution is 6.11. The number of fused-ring (bicyclic) bond motifs is 4. The van der Waals surface area contributed by atoms with Crippen molar-refractivity contribution in [3.63, 3.8) is 0 Å². The number of pyridine rings is 1. The van der Waals surface area contributed by atoms with E-state index < -0.39 is 0 Å². The summed E-state index contributed by atoms with van der Waals surface area (Å²) in [6.07, 6.45) is 3.97. The van der Waals surface area contributed by atoms with Crippen molar-refractivity contribution in [1.82, 2.24) is 14.5 Å². The topological polar surface area (TPSA) is 64.1 Å². The van der Waals surface area contributed by atoms with Crippen LogP contribution in [0.1, 0.15) is 11.1 Å². The van der Waals surface area contributed by atoms with Crippen LogP contribution < -0.4 is 0 Å². The van der Waals surface area contributed by atoms with Gasteiger partial charge in [-0.2, -0.15) is 0 Å². The molecule has 8 aromatic rings. The van der Waals surface area contributed by atoms with Gasteiger partial charge in [-0.3, -0.25) is 9.55 Å². The fraction of sp³-hybridized carbons (Fsp3) is 0.0526. The van der Waals surface area contributed by atoms with E-state index in [1.54, 1.807) is 6.07 Å². The lowest BCUT2D eigenvalue weighted by atomic mass is 10.00. The normalized spacial score (nSPS) is 11.6. The minimum Gasteiger partial charge on any atom is -0.507 e. The summed E-state index contributed by atoms with van der Waals surface area (Å²) in [5.41, 5.74) is 9.04. The number of phenols is 1. The summed E-state index contributed by atoms with van der Waals surface area (Å²) in [6.45, 7) is 4.18. The summed E-state index contributed by atoms with van der Waals surface area (Å²) >= 11 is 0. The third-order valence-corrected chi connectivity index (χ3v) is 8.02. The zero-order chi connectivity index (χ0) is 29.1. The molecule has 206 valence electrons. The first kappa shape index (κ1) is 25.1. The molecule has 0 radical (unpaired) electrons. The smallest absolute Gasteiger partial charge is 0.148 e. The summed E-state index contributed by atoms with van der Waals surface area (Å²) in [7, 11) is 0. The Hall–Kier alpha value is -5.68. The molecule has 3 heterocycles. The molecule has 8 rings (SSSR count). The quantitative estimate of drug-likeness (QED) is 0.234. The highest BCUT2D eigenvalue weighted by atomic mass is 16.3. The van der Waals surface area contributed by atoms with Gasteiger partial charge in [0, 0.05) is 45.4 Å². The Kier molecular flexibility index (Phi) is 5.66. The van der Waals surface area contributed by atoms with Crippen LogP contribution in [0.4, 0.5) is 0 Å². The second kappa shape index (κ2) is 9.71. The maximum atomic E-state index is 10.9. The fourth-order valence-corrected chi connectivity index (χ4v) is 6.05. The Morgan fingerprint density at radius 3 is 2.26 bits per heavy atom. The van der Waals surface area contributed by atoms with Gasteiger partial charge in [0.25, 0.3) is 0 Å². The van der Waals surface area contributed by atoms with Gasteiger partial charge < -0.3 is 9.52 Å². The first-order chi connectivity index (χ1) is 21.0. The Morgan fingerprint density at radius 1 is 0.674 bits per heavy atom. The molecule has 5 aromatic carbocycles. The molecule has 0 saturated carbocycles. The SMILES string of the molecule is Cc1cc(C)cc(-n2cc(-c3cc(-c4cc5ccccc5cn4)c4oc5ccccc5c4c3)nc2-c2ccccc2O)c1. The first-order valence-electron chi connectivity index (χ1n) is 14.3. The number of phenolic OH excluding ortho intramolecular Hbond substituents is 1. The van der Waals surface area contributed by atoms with E-state index >= 15 is 0 Å². The number of imidazole rings is 1. The highest BCUT2D eigenvalue weighted by Crippen LogP contribution is 2.40. The van der Waals surface area contributed by atoms with Gasteiger partial charge in [0.1, 0.15) is 22.7 Å². The average Bonchev–Trinajstić information content (AvgIpc) is 3.63. The van der Waals surface area contributed by atoms with E-state index in [9.17, 15) is 5.11 Å². The second-order valence-electron chi connectivity index (χ2n) is 11.1. The van der Waals surface area contributed by atoms with Crippen LogP contribution >= 0.6 is 0 Å². The minimum atomic E-state index is 0.183. The zero-order valence-electron chi connectivity index (χ0n) is 23.7. The predicted molar refractivity (Wildman–Crippen MR) is 174 cm³/mol. The largest absolute Gasteiger partial charge is 0.507 e.